The van der Waals surface area contributed by atoms with Crippen LogP contribution < -0.4 is 0 Å². The molecule has 0 aliphatic heterocycles. The Balaban J connectivity index is 1.94. The molecular formula is C18H28O3. The molecule has 0 bridgehead atoms. The third-order valence-electron chi connectivity index (χ3n) is 3.55. The van der Waals surface area contributed by atoms with Gasteiger partial charge in [-0.05, 0) is 31.4 Å². The van der Waals surface area contributed by atoms with Crippen molar-refractivity contribution >= 4 is 5.97 Å². The minimum Gasteiger partial charge on any atom is -0.462 e. The van der Waals surface area contributed by atoms with Gasteiger partial charge in [-0.15, -0.1) is 0 Å². The molecule has 0 radical (unpaired) electrons. The highest BCUT2D eigenvalue weighted by Crippen LogP contribution is 2.10. The average Bonchev–Trinajstić information content (AvgIpc) is 2.51. The molecular weight excluding hydrogens is 264 g/mol. The van der Waals surface area contributed by atoms with Crippen molar-refractivity contribution in [2.45, 2.75) is 64.4 Å². The van der Waals surface area contributed by atoms with Crippen molar-refractivity contribution in [2.75, 3.05) is 6.61 Å². The van der Waals surface area contributed by atoms with Crippen molar-refractivity contribution in [3.05, 3.63) is 35.9 Å². The van der Waals surface area contributed by atoms with Gasteiger partial charge in [-0.1, -0.05) is 57.2 Å². The Bertz CT molecular complexity index is 375. The van der Waals surface area contributed by atoms with Gasteiger partial charge in [-0.2, -0.15) is 0 Å². The van der Waals surface area contributed by atoms with Crippen molar-refractivity contribution in [1.82, 2.24) is 0 Å². The summed E-state index contributed by atoms with van der Waals surface area (Å²) in [5.74, 6) is -0.238. The molecule has 3 nitrogen and oxygen atoms in total. The minimum atomic E-state index is -0.238. The van der Waals surface area contributed by atoms with Gasteiger partial charge in [0, 0.05) is 0 Å². The molecule has 1 N–H and O–H groups in total. The first-order valence-electron chi connectivity index (χ1n) is 8.14. The molecule has 0 aliphatic rings. The Hall–Kier alpha value is -1.35. The summed E-state index contributed by atoms with van der Waals surface area (Å²) >= 11 is 0. The van der Waals surface area contributed by atoms with E-state index in [1.54, 1.807) is 12.1 Å². The second kappa shape index (κ2) is 11.3. The van der Waals surface area contributed by atoms with E-state index in [2.05, 4.69) is 6.92 Å². The van der Waals surface area contributed by atoms with Gasteiger partial charge in [0.15, 0.2) is 0 Å². The van der Waals surface area contributed by atoms with E-state index in [9.17, 15) is 9.90 Å². The predicted octanol–water partition coefficient (Wildman–Crippen LogP) is 4.35. The van der Waals surface area contributed by atoms with E-state index < -0.39 is 0 Å². The van der Waals surface area contributed by atoms with Crippen LogP contribution in [0.2, 0.25) is 0 Å². The first-order valence-corrected chi connectivity index (χ1v) is 8.14. The summed E-state index contributed by atoms with van der Waals surface area (Å²) in [6, 6.07) is 9.09. The highest BCUT2D eigenvalue weighted by molar-refractivity contribution is 5.89. The summed E-state index contributed by atoms with van der Waals surface area (Å²) in [7, 11) is 0. The number of ether oxygens (including phenoxy) is 1. The zero-order valence-electron chi connectivity index (χ0n) is 13.1. The third-order valence-corrected chi connectivity index (χ3v) is 3.55. The molecule has 0 aliphatic carbocycles. The maximum Gasteiger partial charge on any atom is 0.338 e. The topological polar surface area (TPSA) is 46.5 Å². The van der Waals surface area contributed by atoms with Crippen LogP contribution in [0.3, 0.4) is 0 Å². The van der Waals surface area contributed by atoms with E-state index in [-0.39, 0.29) is 12.1 Å². The lowest BCUT2D eigenvalue weighted by molar-refractivity contribution is 0.0497. The van der Waals surface area contributed by atoms with E-state index in [4.69, 9.17) is 4.74 Å². The Kier molecular flexibility index (Phi) is 9.55. The second-order valence-corrected chi connectivity index (χ2v) is 5.50. The van der Waals surface area contributed by atoms with Gasteiger partial charge in [0.2, 0.25) is 0 Å². The van der Waals surface area contributed by atoms with Gasteiger partial charge >= 0.3 is 5.97 Å². The van der Waals surface area contributed by atoms with Crippen molar-refractivity contribution in [2.24, 2.45) is 0 Å². The van der Waals surface area contributed by atoms with Gasteiger partial charge in [0.25, 0.3) is 0 Å². The number of carbonyl (C=O) groups is 1. The van der Waals surface area contributed by atoms with Gasteiger partial charge in [0.05, 0.1) is 18.3 Å². The average molecular weight is 292 g/mol. The molecule has 1 aromatic rings. The fourth-order valence-electron chi connectivity index (χ4n) is 2.31. The molecule has 0 spiro atoms. The Morgan fingerprint density at radius 3 is 2.43 bits per heavy atom. The maximum absolute atomic E-state index is 11.7. The molecule has 1 aromatic carbocycles. The summed E-state index contributed by atoms with van der Waals surface area (Å²) in [5, 5.41) is 9.60. The molecule has 0 saturated heterocycles. The molecule has 1 unspecified atom stereocenters. The zero-order chi connectivity index (χ0) is 15.3. The van der Waals surface area contributed by atoms with Crippen LogP contribution in [0.4, 0.5) is 0 Å². The summed E-state index contributed by atoms with van der Waals surface area (Å²) < 4.78 is 5.23. The number of esters is 1. The SMILES string of the molecule is CCCC(O)CCCCCCCOC(=O)c1ccccc1. The van der Waals surface area contributed by atoms with Gasteiger partial charge < -0.3 is 9.84 Å². The van der Waals surface area contributed by atoms with Crippen LogP contribution in [-0.4, -0.2) is 23.8 Å². The van der Waals surface area contributed by atoms with Crippen molar-refractivity contribution in [1.29, 1.82) is 0 Å². The summed E-state index contributed by atoms with van der Waals surface area (Å²) in [5.41, 5.74) is 0.613. The van der Waals surface area contributed by atoms with Crippen LogP contribution in [0.1, 0.15) is 68.6 Å². The fourth-order valence-corrected chi connectivity index (χ4v) is 2.31. The predicted molar refractivity (Wildman–Crippen MR) is 85.3 cm³/mol. The molecule has 21 heavy (non-hydrogen) atoms. The van der Waals surface area contributed by atoms with Crippen LogP contribution in [0, 0.1) is 0 Å². The third kappa shape index (κ3) is 8.51. The lowest BCUT2D eigenvalue weighted by Crippen LogP contribution is -2.06. The molecule has 1 rings (SSSR count). The minimum absolute atomic E-state index is 0.123. The molecule has 0 heterocycles. The van der Waals surface area contributed by atoms with Gasteiger partial charge in [-0.25, -0.2) is 4.79 Å². The van der Waals surface area contributed by atoms with Crippen LogP contribution in [0.15, 0.2) is 30.3 Å². The molecule has 3 heteroatoms. The van der Waals surface area contributed by atoms with Crippen molar-refractivity contribution < 1.29 is 14.6 Å². The number of hydrogen-bond acceptors (Lipinski definition) is 3. The van der Waals surface area contributed by atoms with Crippen LogP contribution >= 0.6 is 0 Å². The van der Waals surface area contributed by atoms with E-state index >= 15 is 0 Å². The second-order valence-electron chi connectivity index (χ2n) is 5.50. The summed E-state index contributed by atoms with van der Waals surface area (Å²) in [6.07, 6.45) is 8.12. The Morgan fingerprint density at radius 1 is 1.05 bits per heavy atom. The number of aliphatic hydroxyl groups excluding tert-OH is 1. The smallest absolute Gasteiger partial charge is 0.338 e. The van der Waals surface area contributed by atoms with Crippen LogP contribution in [-0.2, 0) is 4.74 Å². The molecule has 0 fully saturated rings. The van der Waals surface area contributed by atoms with Gasteiger partial charge in [0.1, 0.15) is 0 Å². The number of carbonyl (C=O) groups excluding carboxylic acids is 1. The summed E-state index contributed by atoms with van der Waals surface area (Å²) in [4.78, 5) is 11.7. The quantitative estimate of drug-likeness (QED) is 0.487. The number of hydrogen-bond donors (Lipinski definition) is 1. The van der Waals surface area contributed by atoms with Crippen LogP contribution in [0.25, 0.3) is 0 Å². The van der Waals surface area contributed by atoms with E-state index in [1.807, 2.05) is 18.2 Å². The molecule has 0 aromatic heterocycles. The van der Waals surface area contributed by atoms with E-state index in [1.165, 1.54) is 0 Å². The Labute approximate surface area is 128 Å². The molecule has 1 atom stereocenters. The zero-order valence-corrected chi connectivity index (χ0v) is 13.1. The largest absolute Gasteiger partial charge is 0.462 e. The number of benzene rings is 1. The van der Waals surface area contributed by atoms with E-state index in [0.29, 0.717) is 12.2 Å². The monoisotopic (exact) mass is 292 g/mol. The van der Waals surface area contributed by atoms with E-state index in [0.717, 1.165) is 51.4 Å². The Morgan fingerprint density at radius 2 is 1.71 bits per heavy atom. The number of aliphatic hydroxyl groups is 1. The first-order chi connectivity index (χ1) is 10.2. The molecule has 0 amide bonds. The fraction of sp³-hybridized carbons (Fsp3) is 0.611. The normalized spacial score (nSPS) is 12.1. The number of rotatable bonds is 11. The lowest BCUT2D eigenvalue weighted by Gasteiger charge is -2.08. The highest BCUT2D eigenvalue weighted by atomic mass is 16.5. The maximum atomic E-state index is 11.7. The first kappa shape index (κ1) is 17.7. The lowest BCUT2D eigenvalue weighted by atomic mass is 10.1. The van der Waals surface area contributed by atoms with Gasteiger partial charge in [-0.3, -0.25) is 0 Å². The van der Waals surface area contributed by atoms with Crippen molar-refractivity contribution in [3.8, 4) is 0 Å². The summed E-state index contributed by atoms with van der Waals surface area (Å²) in [6.45, 7) is 2.59. The molecule has 118 valence electrons. The molecule has 0 saturated carbocycles. The van der Waals surface area contributed by atoms with Crippen LogP contribution in [0.5, 0.6) is 0 Å². The highest BCUT2D eigenvalue weighted by Gasteiger charge is 2.05. The van der Waals surface area contributed by atoms with Crippen molar-refractivity contribution in [3.63, 3.8) is 0 Å². The number of unbranched alkanes of at least 4 members (excludes halogenated alkanes) is 4. The standard InChI is InChI=1S/C18H28O3/c1-2-11-17(19)14-9-4-3-5-10-15-21-18(20)16-12-7-6-8-13-16/h6-8,12-13,17,19H,2-5,9-11,14-15H2,1H3.